The van der Waals surface area contributed by atoms with E-state index in [0.717, 1.165) is 34.0 Å². The van der Waals surface area contributed by atoms with E-state index in [1.807, 2.05) is 36.4 Å². The Morgan fingerprint density at radius 3 is 1.62 bits per heavy atom. The number of fused-ring (bicyclic) bond motifs is 4. The van der Waals surface area contributed by atoms with Gasteiger partial charge in [-0.05, 0) is 29.7 Å². The molecule has 4 nitrogen and oxygen atoms in total. The fourth-order valence-electron chi connectivity index (χ4n) is 4.57. The lowest BCUT2D eigenvalue weighted by atomic mass is 10.0. The molecule has 0 atom stereocenters. The number of hydrogen-bond acceptors (Lipinski definition) is 2. The molecular weight excluding hydrogens is 360 g/mol. The Hall–Kier alpha value is -3.92. The highest BCUT2D eigenvalue weighted by molar-refractivity contribution is 6.00. The third-order valence-corrected chi connectivity index (χ3v) is 5.85. The van der Waals surface area contributed by atoms with Gasteiger partial charge < -0.3 is 9.47 Å². The van der Waals surface area contributed by atoms with E-state index in [-0.39, 0.29) is 0 Å². The summed E-state index contributed by atoms with van der Waals surface area (Å²) in [4.78, 5) is 0. The Labute approximate surface area is 167 Å². The Morgan fingerprint density at radius 2 is 1.07 bits per heavy atom. The second-order valence-electron chi connectivity index (χ2n) is 7.48. The lowest BCUT2D eigenvalue weighted by molar-refractivity contribution is -0.858. The van der Waals surface area contributed by atoms with Gasteiger partial charge in [0.25, 0.3) is 0 Å². The van der Waals surface area contributed by atoms with E-state index in [4.69, 9.17) is 9.47 Å². The van der Waals surface area contributed by atoms with Crippen molar-refractivity contribution < 1.29 is 18.6 Å². The summed E-state index contributed by atoms with van der Waals surface area (Å²) in [5.74, 6) is 1.60. The van der Waals surface area contributed by atoms with Crippen LogP contribution in [0.1, 0.15) is 11.1 Å². The quantitative estimate of drug-likeness (QED) is 0.413. The van der Waals surface area contributed by atoms with Crippen molar-refractivity contribution in [1.29, 1.82) is 0 Å². The van der Waals surface area contributed by atoms with Crippen LogP contribution < -0.4 is 9.47 Å². The van der Waals surface area contributed by atoms with E-state index in [2.05, 4.69) is 70.1 Å². The molecule has 0 unspecified atom stereocenters. The highest BCUT2D eigenvalue weighted by atomic mass is 16.7. The maximum Gasteiger partial charge on any atom is 0.714 e. The smallest absolute Gasteiger partial charge is 0.340 e. The first-order valence-corrected chi connectivity index (χ1v) is 9.70. The Kier molecular flexibility index (Phi) is 2.66. The minimum absolute atomic E-state index is 0.799. The van der Waals surface area contributed by atoms with Crippen LogP contribution in [0.5, 0.6) is 11.5 Å². The second-order valence-corrected chi connectivity index (χ2v) is 7.48. The van der Waals surface area contributed by atoms with Crippen molar-refractivity contribution in [2.75, 3.05) is 0 Å². The highest BCUT2D eigenvalue weighted by Crippen LogP contribution is 2.48. The molecule has 0 aromatic heterocycles. The molecule has 0 saturated carbocycles. The van der Waals surface area contributed by atoms with Crippen LogP contribution in [0.15, 0.2) is 84.9 Å². The summed E-state index contributed by atoms with van der Waals surface area (Å²) < 4.78 is 17.5. The molecule has 0 bridgehead atoms. The Bertz CT molecular complexity index is 1310. The number of ether oxygens (including phenoxy) is 2. The average Bonchev–Trinajstić information content (AvgIpc) is 2.77. The molecule has 4 heteroatoms. The zero-order chi connectivity index (χ0) is 19.0. The van der Waals surface area contributed by atoms with Crippen molar-refractivity contribution in [1.82, 2.24) is 0 Å². The average molecular weight is 376 g/mol. The first-order chi connectivity index (χ1) is 14.3. The van der Waals surface area contributed by atoms with Gasteiger partial charge in [0.1, 0.15) is 5.39 Å². The molecule has 0 saturated heterocycles. The topological polar surface area (TPSA) is 24.5 Å². The van der Waals surface area contributed by atoms with Crippen LogP contribution in [0.2, 0.25) is 0 Å². The monoisotopic (exact) mass is 376 g/mol. The van der Waals surface area contributed by atoms with Crippen LogP contribution >= 0.6 is 0 Å². The number of rotatable bonds is 0. The lowest BCUT2D eigenvalue weighted by Gasteiger charge is -2.33. The predicted molar refractivity (Wildman–Crippen MR) is 111 cm³/mol. The van der Waals surface area contributed by atoms with Crippen LogP contribution in [0.4, 0.5) is 11.4 Å². The number of benzene rings is 4. The molecule has 136 valence electrons. The molecular formula is C25H16N2O2+2. The van der Waals surface area contributed by atoms with Crippen molar-refractivity contribution >= 4 is 34.6 Å². The van der Waals surface area contributed by atoms with Gasteiger partial charge in [0, 0.05) is 12.1 Å². The van der Waals surface area contributed by atoms with Gasteiger partial charge in [0.15, 0.2) is 23.9 Å². The third-order valence-electron chi connectivity index (χ3n) is 5.85. The van der Waals surface area contributed by atoms with Crippen LogP contribution in [0.3, 0.4) is 0 Å². The SMILES string of the molecule is C1=[N+]2c3cccc4cccc(c34)[N+]3=Cc4ccccc4OC23Oc2ccccc21. The van der Waals surface area contributed by atoms with Crippen molar-refractivity contribution in [3.63, 3.8) is 0 Å². The van der Waals surface area contributed by atoms with E-state index >= 15 is 0 Å². The molecule has 3 heterocycles. The van der Waals surface area contributed by atoms with Gasteiger partial charge in [-0.25, -0.2) is 0 Å². The third kappa shape index (κ3) is 1.83. The molecule has 0 radical (unpaired) electrons. The molecule has 1 spiro atoms. The van der Waals surface area contributed by atoms with Gasteiger partial charge in [0.2, 0.25) is 11.4 Å². The zero-order valence-corrected chi connectivity index (χ0v) is 15.4. The summed E-state index contributed by atoms with van der Waals surface area (Å²) in [6.07, 6.45) is 4.25. The molecule has 7 rings (SSSR count). The largest absolute Gasteiger partial charge is 0.714 e. The number of nitrogens with zero attached hydrogens (tertiary/aromatic N) is 2. The molecule has 3 aliphatic rings. The van der Waals surface area contributed by atoms with Gasteiger partial charge in [-0.2, -0.15) is 0 Å². The molecule has 4 aromatic carbocycles. The van der Waals surface area contributed by atoms with Gasteiger partial charge in [-0.15, -0.1) is 0 Å². The van der Waals surface area contributed by atoms with E-state index in [9.17, 15) is 0 Å². The lowest BCUT2D eigenvalue weighted by Crippen LogP contribution is -2.63. The minimum Gasteiger partial charge on any atom is -0.340 e. The van der Waals surface area contributed by atoms with Crippen molar-refractivity contribution in [2.45, 2.75) is 6.03 Å². The molecule has 0 aliphatic carbocycles. The van der Waals surface area contributed by atoms with E-state index in [0.29, 0.717) is 0 Å². The maximum absolute atomic E-state index is 6.64. The molecule has 0 amide bonds. The van der Waals surface area contributed by atoms with Crippen molar-refractivity contribution in [2.24, 2.45) is 0 Å². The summed E-state index contributed by atoms with van der Waals surface area (Å²) >= 11 is 0. The zero-order valence-electron chi connectivity index (χ0n) is 15.4. The van der Waals surface area contributed by atoms with Gasteiger partial charge in [-0.1, -0.05) is 57.7 Å². The fraction of sp³-hybridized carbons (Fsp3) is 0.0400. The van der Waals surface area contributed by atoms with Crippen molar-refractivity contribution in [3.8, 4) is 11.5 Å². The number of para-hydroxylation sites is 2. The van der Waals surface area contributed by atoms with Crippen LogP contribution in [0.25, 0.3) is 10.8 Å². The van der Waals surface area contributed by atoms with E-state index < -0.39 is 6.03 Å². The number of hydrogen-bond donors (Lipinski definition) is 0. The summed E-state index contributed by atoms with van der Waals surface area (Å²) in [6.45, 7) is 0. The molecule has 4 aromatic rings. The molecule has 3 aliphatic heterocycles. The molecule has 29 heavy (non-hydrogen) atoms. The standard InChI is InChI=1S/C25H16N2O2/c1-3-13-22-18(7-1)15-26-20-11-5-9-17-10-6-12-21(24(17)20)27-16-19-8-2-4-14-23(19)29-25(26,27)28-22/h1-16H/q+2. The van der Waals surface area contributed by atoms with E-state index in [1.54, 1.807) is 0 Å². The first kappa shape index (κ1) is 15.1. The van der Waals surface area contributed by atoms with Gasteiger partial charge in [0.05, 0.1) is 11.1 Å². The Morgan fingerprint density at radius 1 is 0.552 bits per heavy atom. The summed E-state index contributed by atoms with van der Waals surface area (Å²) in [7, 11) is 0. The van der Waals surface area contributed by atoms with E-state index in [1.165, 1.54) is 10.8 Å². The molecule has 0 N–H and O–H groups in total. The second kappa shape index (κ2) is 5.11. The molecule has 0 fully saturated rings. The summed E-state index contributed by atoms with van der Waals surface area (Å²) in [5.41, 5.74) is 4.18. The minimum atomic E-state index is -1.15. The summed E-state index contributed by atoms with van der Waals surface area (Å²) in [6, 6.07) is 27.7. The van der Waals surface area contributed by atoms with Gasteiger partial charge in [-0.3, -0.25) is 0 Å². The van der Waals surface area contributed by atoms with Crippen molar-refractivity contribution in [3.05, 3.63) is 96.1 Å². The fourth-order valence-corrected chi connectivity index (χ4v) is 4.57. The first-order valence-electron chi connectivity index (χ1n) is 9.70. The van der Waals surface area contributed by atoms with Gasteiger partial charge >= 0.3 is 6.03 Å². The normalized spacial score (nSPS) is 16.8. The van der Waals surface area contributed by atoms with Crippen LogP contribution in [-0.2, 0) is 0 Å². The van der Waals surface area contributed by atoms with Crippen LogP contribution in [0, 0.1) is 0 Å². The maximum atomic E-state index is 6.64. The van der Waals surface area contributed by atoms with Crippen LogP contribution in [-0.4, -0.2) is 27.6 Å². The predicted octanol–water partition coefficient (Wildman–Crippen LogP) is 4.78. The summed E-state index contributed by atoms with van der Waals surface area (Å²) in [5, 5.41) is 2.37. The Balaban J connectivity index is 1.66. The highest BCUT2D eigenvalue weighted by Gasteiger charge is 2.69.